The van der Waals surface area contributed by atoms with Gasteiger partial charge in [0.05, 0.1) is 0 Å². The quantitative estimate of drug-likeness (QED) is 0.866. The number of ether oxygens (including phenoxy) is 1. The summed E-state index contributed by atoms with van der Waals surface area (Å²) in [7, 11) is 2.21. The molecule has 1 amide bonds. The van der Waals surface area contributed by atoms with Gasteiger partial charge >= 0.3 is 6.09 Å². The van der Waals surface area contributed by atoms with Crippen molar-refractivity contribution in [1.29, 1.82) is 0 Å². The van der Waals surface area contributed by atoms with Crippen LogP contribution in [0.25, 0.3) is 0 Å². The third kappa shape index (κ3) is 5.08. The average molecular weight is 325 g/mol. The lowest BCUT2D eigenvalue weighted by molar-refractivity contribution is 0.0218. The van der Waals surface area contributed by atoms with E-state index in [1.54, 1.807) is 0 Å². The van der Waals surface area contributed by atoms with Gasteiger partial charge in [0.15, 0.2) is 0 Å². The zero-order chi connectivity index (χ0) is 17.2. The van der Waals surface area contributed by atoms with Gasteiger partial charge in [-0.1, -0.05) is 6.92 Å². The second-order valence-electron chi connectivity index (χ2n) is 8.49. The summed E-state index contributed by atoms with van der Waals surface area (Å²) in [5.74, 6) is 0.646. The van der Waals surface area contributed by atoms with Gasteiger partial charge in [-0.3, -0.25) is 0 Å². The highest BCUT2D eigenvalue weighted by atomic mass is 16.6. The Morgan fingerprint density at radius 1 is 1.30 bits per heavy atom. The van der Waals surface area contributed by atoms with Gasteiger partial charge in [0.2, 0.25) is 0 Å². The number of nitrogens with zero attached hydrogens (tertiary/aromatic N) is 2. The first-order valence-electron chi connectivity index (χ1n) is 9.10. The molecule has 0 bridgehead atoms. The zero-order valence-corrected chi connectivity index (χ0v) is 15.8. The maximum atomic E-state index is 12.4. The first-order valence-corrected chi connectivity index (χ1v) is 9.10. The number of carbonyl (C=O) groups is 1. The van der Waals surface area contributed by atoms with E-state index >= 15 is 0 Å². The summed E-state index contributed by atoms with van der Waals surface area (Å²) >= 11 is 0. The van der Waals surface area contributed by atoms with Gasteiger partial charge in [-0.2, -0.15) is 0 Å². The summed E-state index contributed by atoms with van der Waals surface area (Å²) in [6, 6.07) is 1.43. The monoisotopic (exact) mass is 325 g/mol. The fourth-order valence-corrected chi connectivity index (χ4v) is 3.72. The maximum absolute atomic E-state index is 12.4. The second-order valence-corrected chi connectivity index (χ2v) is 8.49. The molecule has 0 aromatic carbocycles. The van der Waals surface area contributed by atoms with Crippen molar-refractivity contribution in [3.05, 3.63) is 0 Å². The molecule has 0 spiro atoms. The van der Waals surface area contributed by atoms with Crippen LogP contribution >= 0.6 is 0 Å². The summed E-state index contributed by atoms with van der Waals surface area (Å²) in [4.78, 5) is 16.7. The lowest BCUT2D eigenvalue weighted by Crippen LogP contribution is -2.53. The average Bonchev–Trinajstić information content (AvgIpc) is 2.88. The number of piperidine rings is 1. The normalized spacial score (nSPS) is 33.0. The van der Waals surface area contributed by atoms with Crippen molar-refractivity contribution in [2.45, 2.75) is 77.6 Å². The molecule has 2 saturated heterocycles. The minimum atomic E-state index is -0.421. The Balaban J connectivity index is 1.85. The number of carbonyl (C=O) groups excluding carboxylic acids is 1. The highest BCUT2D eigenvalue weighted by Crippen LogP contribution is 2.23. The van der Waals surface area contributed by atoms with Crippen LogP contribution in [0.5, 0.6) is 0 Å². The molecule has 5 heteroatoms. The van der Waals surface area contributed by atoms with E-state index in [2.05, 4.69) is 31.1 Å². The van der Waals surface area contributed by atoms with Crippen LogP contribution in [0.1, 0.15) is 53.9 Å². The number of nitrogens with one attached hydrogen (secondary N) is 1. The lowest BCUT2D eigenvalue weighted by atomic mass is 9.89. The van der Waals surface area contributed by atoms with Crippen molar-refractivity contribution in [1.82, 2.24) is 15.1 Å². The summed E-state index contributed by atoms with van der Waals surface area (Å²) < 4.78 is 5.55. The van der Waals surface area contributed by atoms with E-state index in [-0.39, 0.29) is 12.1 Å². The molecule has 4 unspecified atom stereocenters. The highest BCUT2D eigenvalue weighted by Gasteiger charge is 2.34. The van der Waals surface area contributed by atoms with Crippen molar-refractivity contribution in [2.24, 2.45) is 5.92 Å². The summed E-state index contributed by atoms with van der Waals surface area (Å²) in [5, 5.41) is 3.74. The molecule has 2 heterocycles. The molecule has 2 rings (SSSR count). The summed E-state index contributed by atoms with van der Waals surface area (Å²) in [6.07, 6.45) is 3.16. The van der Waals surface area contributed by atoms with Gasteiger partial charge in [0, 0.05) is 37.8 Å². The van der Waals surface area contributed by atoms with Gasteiger partial charge in [0.1, 0.15) is 5.60 Å². The van der Waals surface area contributed by atoms with Gasteiger partial charge in [-0.25, -0.2) is 4.79 Å². The predicted molar refractivity (Wildman–Crippen MR) is 93.6 cm³/mol. The second kappa shape index (κ2) is 7.39. The molecular formula is C18H35N3O2. The Hall–Kier alpha value is -0.810. The standard InChI is InChI=1S/C18H35N3O2/c1-13-12-20(6)14(2)10-16(13)19-11-15-8-7-9-21(15)17(22)23-18(3,4)5/h13-16,19H,7-12H2,1-6H3. The topological polar surface area (TPSA) is 44.8 Å². The van der Waals surface area contributed by atoms with Crippen molar-refractivity contribution in [2.75, 3.05) is 26.7 Å². The molecule has 4 atom stereocenters. The third-order valence-electron chi connectivity index (χ3n) is 5.23. The molecule has 0 aromatic rings. The molecule has 2 aliphatic heterocycles. The van der Waals surface area contributed by atoms with E-state index in [1.165, 1.54) is 6.42 Å². The van der Waals surface area contributed by atoms with E-state index in [4.69, 9.17) is 4.74 Å². The molecular weight excluding hydrogens is 290 g/mol. The molecule has 1 N–H and O–H groups in total. The van der Waals surface area contributed by atoms with Crippen LogP contribution in [0.3, 0.4) is 0 Å². The minimum absolute atomic E-state index is 0.161. The molecule has 2 fully saturated rings. The fraction of sp³-hybridized carbons (Fsp3) is 0.944. The van der Waals surface area contributed by atoms with Crippen molar-refractivity contribution in [3.8, 4) is 0 Å². The number of likely N-dealkylation sites (tertiary alicyclic amines) is 2. The molecule has 2 aliphatic rings. The Morgan fingerprint density at radius 2 is 2.00 bits per heavy atom. The SMILES string of the molecule is CC1CN(C)C(C)CC1NCC1CCCN1C(=O)OC(C)(C)C. The van der Waals surface area contributed by atoms with Crippen LogP contribution in [0.2, 0.25) is 0 Å². The smallest absolute Gasteiger partial charge is 0.410 e. The minimum Gasteiger partial charge on any atom is -0.444 e. The molecule has 0 radical (unpaired) electrons. The zero-order valence-electron chi connectivity index (χ0n) is 15.8. The largest absolute Gasteiger partial charge is 0.444 e. The van der Waals surface area contributed by atoms with E-state index in [0.29, 0.717) is 18.0 Å². The number of hydrogen-bond acceptors (Lipinski definition) is 4. The van der Waals surface area contributed by atoms with Crippen LogP contribution in [0.15, 0.2) is 0 Å². The van der Waals surface area contributed by atoms with Crippen molar-refractivity contribution in [3.63, 3.8) is 0 Å². The summed E-state index contributed by atoms with van der Waals surface area (Å²) in [5.41, 5.74) is -0.421. The van der Waals surface area contributed by atoms with E-state index in [0.717, 1.165) is 32.5 Å². The lowest BCUT2D eigenvalue weighted by Gasteiger charge is -2.40. The van der Waals surface area contributed by atoms with Crippen molar-refractivity contribution >= 4 is 6.09 Å². The predicted octanol–water partition coefficient (Wildman–Crippen LogP) is 2.70. The molecule has 0 aliphatic carbocycles. The Kier molecular flexibility index (Phi) is 5.95. The van der Waals surface area contributed by atoms with Gasteiger partial charge in [-0.05, 0) is 59.9 Å². The maximum Gasteiger partial charge on any atom is 0.410 e. The van der Waals surface area contributed by atoms with Gasteiger partial charge in [0.25, 0.3) is 0 Å². The molecule has 0 aromatic heterocycles. The first-order chi connectivity index (χ1) is 10.7. The van der Waals surface area contributed by atoms with Crippen LogP contribution in [0.4, 0.5) is 4.79 Å². The number of hydrogen-bond donors (Lipinski definition) is 1. The van der Waals surface area contributed by atoms with E-state index in [9.17, 15) is 4.79 Å². The molecule has 0 saturated carbocycles. The van der Waals surface area contributed by atoms with Gasteiger partial charge < -0.3 is 19.9 Å². The number of rotatable bonds is 3. The van der Waals surface area contributed by atoms with Crippen LogP contribution in [-0.4, -0.2) is 66.3 Å². The van der Waals surface area contributed by atoms with Crippen LogP contribution < -0.4 is 5.32 Å². The number of amides is 1. The first kappa shape index (κ1) is 18.5. The van der Waals surface area contributed by atoms with E-state index < -0.39 is 5.60 Å². The fourth-order valence-electron chi connectivity index (χ4n) is 3.72. The summed E-state index contributed by atoms with van der Waals surface area (Å²) in [6.45, 7) is 13.2. The molecule has 5 nitrogen and oxygen atoms in total. The molecule has 134 valence electrons. The van der Waals surface area contributed by atoms with E-state index in [1.807, 2.05) is 25.7 Å². The van der Waals surface area contributed by atoms with Gasteiger partial charge in [-0.15, -0.1) is 0 Å². The third-order valence-corrected chi connectivity index (χ3v) is 5.23. The van der Waals surface area contributed by atoms with Crippen molar-refractivity contribution < 1.29 is 9.53 Å². The highest BCUT2D eigenvalue weighted by molar-refractivity contribution is 5.69. The Labute approximate surface area is 141 Å². The van der Waals surface area contributed by atoms with Crippen LogP contribution in [-0.2, 0) is 4.74 Å². The Morgan fingerprint density at radius 3 is 2.65 bits per heavy atom. The Bertz CT molecular complexity index is 408. The van der Waals surface area contributed by atoms with Crippen LogP contribution in [0, 0.1) is 5.92 Å². The molecule has 23 heavy (non-hydrogen) atoms.